The average Bonchev–Trinajstić information content (AvgIpc) is 2.75. The van der Waals surface area contributed by atoms with Crippen LogP contribution in [0.25, 0.3) is 11.1 Å². The van der Waals surface area contributed by atoms with E-state index in [0.717, 1.165) is 26.2 Å². The Kier molecular flexibility index (Phi) is 3.01. The highest BCUT2D eigenvalue weighted by atomic mass is 79.9. The average molecular weight is 321 g/mol. The van der Waals surface area contributed by atoms with Gasteiger partial charge in [0.25, 0.3) is 5.22 Å². The van der Waals surface area contributed by atoms with Crippen LogP contribution in [-0.4, -0.2) is 4.98 Å². The number of anilines is 1. The van der Waals surface area contributed by atoms with Crippen LogP contribution < -0.4 is 5.73 Å². The van der Waals surface area contributed by atoms with E-state index in [-0.39, 0.29) is 0 Å². The van der Waals surface area contributed by atoms with Crippen LogP contribution in [0.4, 0.5) is 5.69 Å². The number of para-hydroxylation sites is 2. The summed E-state index contributed by atoms with van der Waals surface area (Å²) in [6.45, 7) is 0. The molecule has 0 unspecified atom stereocenters. The predicted molar refractivity (Wildman–Crippen MR) is 76.7 cm³/mol. The number of aromatic nitrogens is 1. The number of nitrogen functional groups attached to an aromatic ring is 1. The molecule has 1 aromatic heterocycles. The van der Waals surface area contributed by atoms with E-state index < -0.39 is 0 Å². The molecule has 5 heteroatoms. The summed E-state index contributed by atoms with van der Waals surface area (Å²) < 4.78 is 6.60. The van der Waals surface area contributed by atoms with Crippen molar-refractivity contribution >= 4 is 44.5 Å². The van der Waals surface area contributed by atoms with E-state index in [9.17, 15) is 0 Å². The molecule has 1 heterocycles. The lowest BCUT2D eigenvalue weighted by Gasteiger charge is -2.01. The van der Waals surface area contributed by atoms with Crippen molar-refractivity contribution in [3.8, 4) is 0 Å². The van der Waals surface area contributed by atoms with E-state index in [4.69, 9.17) is 10.2 Å². The second-order valence-electron chi connectivity index (χ2n) is 3.74. The van der Waals surface area contributed by atoms with Crippen molar-refractivity contribution in [3.05, 3.63) is 46.9 Å². The standard InChI is InChI=1S/C13H9BrN2OS/c14-9-7-8(15)5-6-12(9)18-13-16-10-3-1-2-4-11(10)17-13/h1-7H,15H2. The summed E-state index contributed by atoms with van der Waals surface area (Å²) in [6, 6.07) is 13.4. The van der Waals surface area contributed by atoms with E-state index in [1.807, 2.05) is 42.5 Å². The molecule has 0 aliphatic rings. The molecule has 0 amide bonds. The number of hydrogen-bond acceptors (Lipinski definition) is 4. The third-order valence-electron chi connectivity index (χ3n) is 2.43. The minimum Gasteiger partial charge on any atom is -0.431 e. The quantitative estimate of drug-likeness (QED) is 0.714. The van der Waals surface area contributed by atoms with Crippen LogP contribution in [0.5, 0.6) is 0 Å². The first kappa shape index (κ1) is 11.6. The van der Waals surface area contributed by atoms with Crippen LogP contribution in [0.3, 0.4) is 0 Å². The highest BCUT2D eigenvalue weighted by Crippen LogP contribution is 2.35. The first-order valence-corrected chi connectivity index (χ1v) is 6.92. The van der Waals surface area contributed by atoms with E-state index in [0.29, 0.717) is 5.22 Å². The fourth-order valence-electron chi connectivity index (χ4n) is 1.59. The van der Waals surface area contributed by atoms with Gasteiger partial charge in [-0.05, 0) is 58.0 Å². The molecular formula is C13H9BrN2OS. The molecule has 0 atom stereocenters. The smallest absolute Gasteiger partial charge is 0.261 e. The molecule has 0 spiro atoms. The molecule has 3 aromatic rings. The minimum absolute atomic E-state index is 0.627. The maximum absolute atomic E-state index is 5.70. The van der Waals surface area contributed by atoms with Crippen LogP contribution >= 0.6 is 27.7 Å². The lowest BCUT2D eigenvalue weighted by molar-refractivity contribution is 0.489. The van der Waals surface area contributed by atoms with Gasteiger partial charge in [0.05, 0.1) is 0 Å². The molecule has 18 heavy (non-hydrogen) atoms. The van der Waals surface area contributed by atoms with Crippen molar-refractivity contribution in [2.24, 2.45) is 0 Å². The Morgan fingerprint density at radius 1 is 1.17 bits per heavy atom. The van der Waals surface area contributed by atoms with Gasteiger partial charge in [0.2, 0.25) is 0 Å². The third-order valence-corrected chi connectivity index (χ3v) is 4.27. The zero-order valence-corrected chi connectivity index (χ0v) is 11.7. The molecule has 0 saturated carbocycles. The Bertz CT molecular complexity index is 678. The van der Waals surface area contributed by atoms with Gasteiger partial charge < -0.3 is 10.2 Å². The first-order chi connectivity index (χ1) is 8.72. The number of hydrogen-bond donors (Lipinski definition) is 1. The number of halogens is 1. The molecule has 90 valence electrons. The monoisotopic (exact) mass is 320 g/mol. The number of nitrogens with two attached hydrogens (primary N) is 1. The van der Waals surface area contributed by atoms with Crippen molar-refractivity contribution in [2.75, 3.05) is 5.73 Å². The molecule has 0 fully saturated rings. The van der Waals surface area contributed by atoms with Gasteiger partial charge in [0.15, 0.2) is 5.58 Å². The van der Waals surface area contributed by atoms with E-state index >= 15 is 0 Å². The second-order valence-corrected chi connectivity index (χ2v) is 5.59. The molecule has 0 aliphatic carbocycles. The van der Waals surface area contributed by atoms with Crippen LogP contribution in [0.15, 0.2) is 61.5 Å². The summed E-state index contributed by atoms with van der Waals surface area (Å²) in [7, 11) is 0. The Labute approximate surface area is 117 Å². The lowest BCUT2D eigenvalue weighted by Crippen LogP contribution is -1.84. The van der Waals surface area contributed by atoms with Gasteiger partial charge in [0.1, 0.15) is 5.52 Å². The Hall–Kier alpha value is -1.46. The van der Waals surface area contributed by atoms with E-state index in [2.05, 4.69) is 20.9 Å². The second kappa shape index (κ2) is 4.66. The molecule has 0 saturated heterocycles. The summed E-state index contributed by atoms with van der Waals surface area (Å²) >= 11 is 4.95. The maximum atomic E-state index is 5.70. The normalized spacial score (nSPS) is 10.9. The molecule has 0 aliphatic heterocycles. The number of fused-ring (bicyclic) bond motifs is 1. The number of nitrogens with zero attached hydrogens (tertiary/aromatic N) is 1. The first-order valence-electron chi connectivity index (χ1n) is 5.31. The van der Waals surface area contributed by atoms with Gasteiger partial charge in [-0.3, -0.25) is 0 Å². The SMILES string of the molecule is Nc1ccc(Sc2nc3ccccc3o2)c(Br)c1. The van der Waals surface area contributed by atoms with E-state index in [1.54, 1.807) is 0 Å². The highest BCUT2D eigenvalue weighted by Gasteiger charge is 2.09. The van der Waals surface area contributed by atoms with Gasteiger partial charge in [-0.25, -0.2) is 4.98 Å². The largest absolute Gasteiger partial charge is 0.431 e. The zero-order chi connectivity index (χ0) is 12.5. The van der Waals surface area contributed by atoms with Gasteiger partial charge in [-0.2, -0.15) is 0 Å². The third kappa shape index (κ3) is 2.23. The molecule has 3 nitrogen and oxygen atoms in total. The molecule has 2 N–H and O–H groups in total. The van der Waals surface area contributed by atoms with Crippen LogP contribution in [0.2, 0.25) is 0 Å². The van der Waals surface area contributed by atoms with Crippen molar-refractivity contribution in [3.63, 3.8) is 0 Å². The number of benzene rings is 2. The summed E-state index contributed by atoms with van der Waals surface area (Å²) in [5.74, 6) is 0. The summed E-state index contributed by atoms with van der Waals surface area (Å²) in [4.78, 5) is 5.44. The molecule has 0 bridgehead atoms. The van der Waals surface area contributed by atoms with Crippen LogP contribution in [0, 0.1) is 0 Å². The van der Waals surface area contributed by atoms with Crippen LogP contribution in [0.1, 0.15) is 0 Å². The van der Waals surface area contributed by atoms with Crippen molar-refractivity contribution in [1.29, 1.82) is 0 Å². The molecule has 3 rings (SSSR count). The van der Waals surface area contributed by atoms with Gasteiger partial charge in [-0.1, -0.05) is 12.1 Å². The minimum atomic E-state index is 0.627. The highest BCUT2D eigenvalue weighted by molar-refractivity contribution is 9.10. The Balaban J connectivity index is 1.96. The number of oxazole rings is 1. The Morgan fingerprint density at radius 3 is 2.78 bits per heavy atom. The summed E-state index contributed by atoms with van der Waals surface area (Å²) in [5.41, 5.74) is 8.09. The molecule has 0 radical (unpaired) electrons. The van der Waals surface area contributed by atoms with Crippen LogP contribution in [-0.2, 0) is 0 Å². The van der Waals surface area contributed by atoms with Gasteiger partial charge in [-0.15, -0.1) is 0 Å². The fourth-order valence-corrected chi connectivity index (χ4v) is 2.98. The Morgan fingerprint density at radius 2 is 2.00 bits per heavy atom. The number of rotatable bonds is 2. The maximum Gasteiger partial charge on any atom is 0.261 e. The van der Waals surface area contributed by atoms with Crippen molar-refractivity contribution < 1.29 is 4.42 Å². The summed E-state index contributed by atoms with van der Waals surface area (Å²) in [5, 5.41) is 0.627. The molecular weight excluding hydrogens is 312 g/mol. The van der Waals surface area contributed by atoms with Crippen molar-refractivity contribution in [2.45, 2.75) is 10.1 Å². The van der Waals surface area contributed by atoms with Gasteiger partial charge >= 0.3 is 0 Å². The van der Waals surface area contributed by atoms with Crippen molar-refractivity contribution in [1.82, 2.24) is 4.98 Å². The zero-order valence-electron chi connectivity index (χ0n) is 9.26. The van der Waals surface area contributed by atoms with E-state index in [1.165, 1.54) is 11.8 Å². The van der Waals surface area contributed by atoms with Gasteiger partial charge in [0, 0.05) is 15.1 Å². The fraction of sp³-hybridized carbons (Fsp3) is 0. The topological polar surface area (TPSA) is 52.0 Å². The summed E-state index contributed by atoms with van der Waals surface area (Å²) in [6.07, 6.45) is 0. The predicted octanol–water partition coefficient (Wildman–Crippen LogP) is 4.32. The lowest BCUT2D eigenvalue weighted by atomic mass is 10.3. The molecule has 2 aromatic carbocycles.